The van der Waals surface area contributed by atoms with Crippen LogP contribution in [0.1, 0.15) is 16.7 Å². The molecule has 2 rings (SSSR count). The summed E-state index contributed by atoms with van der Waals surface area (Å²) in [5.41, 5.74) is 0.632. The lowest BCUT2D eigenvalue weighted by Gasteiger charge is -2.02. The van der Waals surface area contributed by atoms with Crippen LogP contribution < -0.4 is 0 Å². The molecule has 0 atom stereocenters. The van der Waals surface area contributed by atoms with E-state index in [-0.39, 0.29) is 12.2 Å². The Kier molecular flexibility index (Phi) is 4.40. The second-order valence-electron chi connectivity index (χ2n) is 3.83. The van der Waals surface area contributed by atoms with E-state index in [1.54, 1.807) is 24.3 Å². The van der Waals surface area contributed by atoms with Gasteiger partial charge in [0, 0.05) is 5.56 Å². The van der Waals surface area contributed by atoms with Crippen LogP contribution in [-0.4, -0.2) is 6.21 Å². The first kappa shape index (κ1) is 13.7. The lowest BCUT2D eigenvalue weighted by Crippen LogP contribution is -1.97. The summed E-state index contributed by atoms with van der Waals surface area (Å²) in [6.45, 7) is -0.347. The molecule has 0 saturated heterocycles. The van der Waals surface area contributed by atoms with Gasteiger partial charge in [-0.05, 0) is 18.2 Å². The highest BCUT2D eigenvalue weighted by Gasteiger charge is 2.08. The van der Waals surface area contributed by atoms with Gasteiger partial charge in [0.05, 0.1) is 17.2 Å². The van der Waals surface area contributed by atoms with Crippen LogP contribution in [0.5, 0.6) is 0 Å². The summed E-state index contributed by atoms with van der Waals surface area (Å²) in [7, 11) is 0. The van der Waals surface area contributed by atoms with Gasteiger partial charge in [-0.3, -0.25) is 0 Å². The van der Waals surface area contributed by atoms with Gasteiger partial charge in [0.25, 0.3) is 0 Å². The molecule has 0 heterocycles. The Morgan fingerprint density at radius 2 is 1.65 bits per heavy atom. The highest BCUT2D eigenvalue weighted by Crippen LogP contribution is 2.13. The van der Waals surface area contributed by atoms with E-state index in [2.05, 4.69) is 11.4 Å². The van der Waals surface area contributed by atoms with Gasteiger partial charge in [0.15, 0.2) is 0 Å². The van der Waals surface area contributed by atoms with E-state index in [0.717, 1.165) is 12.1 Å². The van der Waals surface area contributed by atoms with Crippen LogP contribution in [0.2, 0.25) is 0 Å². The van der Waals surface area contributed by atoms with Crippen LogP contribution in [0, 0.1) is 23.0 Å². The molecule has 0 spiro atoms. The highest BCUT2D eigenvalue weighted by molar-refractivity contribution is 5.82. The molecule has 5 heteroatoms. The predicted molar refractivity (Wildman–Crippen MR) is 68.8 cm³/mol. The number of nitrogens with zero attached hydrogens (tertiary/aromatic N) is 2. The minimum absolute atomic E-state index is 0.202. The molecule has 0 aliphatic heterocycles. The third-order valence-electron chi connectivity index (χ3n) is 2.55. The van der Waals surface area contributed by atoms with Crippen molar-refractivity contribution in [1.82, 2.24) is 0 Å². The SMILES string of the molecule is N#Cc1ccccc1/[C]=N\OCc1c(F)cccc1F. The fourth-order valence-electron chi connectivity index (χ4n) is 1.53. The summed E-state index contributed by atoms with van der Waals surface area (Å²) in [4.78, 5) is 4.81. The number of nitriles is 1. The predicted octanol–water partition coefficient (Wildman–Crippen LogP) is 3.26. The molecule has 0 amide bonds. The van der Waals surface area contributed by atoms with Gasteiger partial charge in [-0.15, -0.1) is 0 Å². The molecule has 99 valence electrons. The largest absolute Gasteiger partial charge is 0.390 e. The molecule has 0 aromatic heterocycles. The van der Waals surface area contributed by atoms with Crippen molar-refractivity contribution in [2.75, 3.05) is 0 Å². The number of hydrogen-bond donors (Lipinski definition) is 0. The van der Waals surface area contributed by atoms with Crippen molar-refractivity contribution in [1.29, 1.82) is 5.26 Å². The second-order valence-corrected chi connectivity index (χ2v) is 3.83. The Labute approximate surface area is 114 Å². The average molecular weight is 271 g/mol. The molecular formula is C15H9F2N2O. The number of halogens is 2. The van der Waals surface area contributed by atoms with Gasteiger partial charge >= 0.3 is 0 Å². The van der Waals surface area contributed by atoms with Crippen LogP contribution in [0.3, 0.4) is 0 Å². The topological polar surface area (TPSA) is 45.4 Å². The molecule has 20 heavy (non-hydrogen) atoms. The molecule has 2 aromatic rings. The summed E-state index contributed by atoms with van der Waals surface area (Å²) in [6, 6.07) is 12.2. The standard InChI is InChI=1S/C15H9F2N2O/c16-14-6-3-7-15(17)13(14)10-20-19-9-12-5-2-1-4-11(12)8-18/h1-7H,10H2. The maximum Gasteiger partial charge on any atom is 0.148 e. The lowest BCUT2D eigenvalue weighted by molar-refractivity contribution is 0.126. The van der Waals surface area contributed by atoms with Gasteiger partial charge in [0.1, 0.15) is 24.5 Å². The van der Waals surface area contributed by atoms with Gasteiger partial charge < -0.3 is 4.84 Å². The number of rotatable bonds is 4. The van der Waals surface area contributed by atoms with Crippen molar-refractivity contribution >= 4 is 6.21 Å². The smallest absolute Gasteiger partial charge is 0.148 e. The van der Waals surface area contributed by atoms with Crippen molar-refractivity contribution in [2.45, 2.75) is 6.61 Å². The van der Waals surface area contributed by atoms with Crippen LogP contribution >= 0.6 is 0 Å². The molecule has 0 saturated carbocycles. The summed E-state index contributed by atoms with van der Waals surface area (Å²) in [5.74, 6) is -1.39. The zero-order valence-electron chi connectivity index (χ0n) is 10.3. The van der Waals surface area contributed by atoms with Crippen molar-refractivity contribution in [3.63, 3.8) is 0 Å². The first-order valence-corrected chi connectivity index (χ1v) is 5.72. The minimum Gasteiger partial charge on any atom is -0.390 e. The second kappa shape index (κ2) is 6.43. The summed E-state index contributed by atoms with van der Waals surface area (Å²) in [5, 5.41) is 12.3. The molecule has 3 nitrogen and oxygen atoms in total. The van der Waals surface area contributed by atoms with Gasteiger partial charge in [0.2, 0.25) is 0 Å². The minimum atomic E-state index is -0.697. The summed E-state index contributed by atoms with van der Waals surface area (Å²) < 4.78 is 26.6. The van der Waals surface area contributed by atoms with Crippen LogP contribution in [-0.2, 0) is 11.4 Å². The fourth-order valence-corrected chi connectivity index (χ4v) is 1.53. The monoisotopic (exact) mass is 271 g/mol. The lowest BCUT2D eigenvalue weighted by atomic mass is 10.1. The van der Waals surface area contributed by atoms with Crippen molar-refractivity contribution in [2.24, 2.45) is 5.16 Å². The average Bonchev–Trinajstić information content (AvgIpc) is 2.46. The van der Waals surface area contributed by atoms with Crippen molar-refractivity contribution in [3.05, 3.63) is 70.8 Å². The number of benzene rings is 2. The molecule has 0 N–H and O–H groups in total. The van der Waals surface area contributed by atoms with Crippen molar-refractivity contribution in [3.8, 4) is 6.07 Å². The van der Waals surface area contributed by atoms with Gasteiger partial charge in [-0.25, -0.2) is 8.78 Å². The normalized spacial score (nSPS) is 10.4. The van der Waals surface area contributed by atoms with E-state index in [4.69, 9.17) is 10.1 Å². The zero-order chi connectivity index (χ0) is 14.4. The van der Waals surface area contributed by atoms with E-state index in [0.29, 0.717) is 11.1 Å². The summed E-state index contributed by atoms with van der Waals surface area (Å²) >= 11 is 0. The molecule has 1 radical (unpaired) electrons. The molecule has 2 aromatic carbocycles. The summed E-state index contributed by atoms with van der Waals surface area (Å²) in [6.07, 6.45) is 2.51. The van der Waals surface area contributed by atoms with Crippen LogP contribution in [0.4, 0.5) is 8.78 Å². The first-order chi connectivity index (χ1) is 9.72. The van der Waals surface area contributed by atoms with Gasteiger partial charge in [-0.1, -0.05) is 29.4 Å². The molecule has 0 aliphatic carbocycles. The van der Waals surface area contributed by atoms with Crippen LogP contribution in [0.15, 0.2) is 47.6 Å². The molecule has 0 aliphatic rings. The highest BCUT2D eigenvalue weighted by atomic mass is 19.1. The Bertz CT molecular complexity index is 658. The third kappa shape index (κ3) is 3.18. The Morgan fingerprint density at radius 3 is 2.30 bits per heavy atom. The van der Waals surface area contributed by atoms with E-state index < -0.39 is 11.6 Å². The Balaban J connectivity index is 2.03. The quantitative estimate of drug-likeness (QED) is 0.633. The Hall–Kier alpha value is -2.74. The molecule has 0 fully saturated rings. The zero-order valence-corrected chi connectivity index (χ0v) is 10.3. The van der Waals surface area contributed by atoms with E-state index in [1.165, 1.54) is 6.07 Å². The van der Waals surface area contributed by atoms with Gasteiger partial charge in [-0.2, -0.15) is 5.26 Å². The molecular weight excluding hydrogens is 262 g/mol. The maximum absolute atomic E-state index is 13.3. The fraction of sp³-hybridized carbons (Fsp3) is 0.0667. The van der Waals surface area contributed by atoms with E-state index in [9.17, 15) is 8.78 Å². The molecule has 0 bridgehead atoms. The third-order valence-corrected chi connectivity index (χ3v) is 2.55. The maximum atomic E-state index is 13.3. The van der Waals surface area contributed by atoms with Crippen LogP contribution in [0.25, 0.3) is 0 Å². The van der Waals surface area contributed by atoms with Crippen molar-refractivity contribution < 1.29 is 13.6 Å². The Morgan fingerprint density at radius 1 is 1.00 bits per heavy atom. The number of hydrogen-bond acceptors (Lipinski definition) is 3. The first-order valence-electron chi connectivity index (χ1n) is 5.72. The molecule has 0 unspecified atom stereocenters. The van der Waals surface area contributed by atoms with E-state index >= 15 is 0 Å². The van der Waals surface area contributed by atoms with E-state index in [1.807, 2.05) is 6.07 Å².